The summed E-state index contributed by atoms with van der Waals surface area (Å²) >= 11 is 0. The van der Waals surface area contributed by atoms with Crippen LogP contribution in [-0.4, -0.2) is 41.3 Å². The molecule has 6 rings (SSSR count). The summed E-state index contributed by atoms with van der Waals surface area (Å²) in [5, 5.41) is 3.32. The average Bonchev–Trinajstić information content (AvgIpc) is 2.99. The first-order valence-corrected chi connectivity index (χ1v) is 13.2. The molecule has 0 radical (unpaired) electrons. The highest BCUT2D eigenvalue weighted by atomic mass is 19.3. The van der Waals surface area contributed by atoms with E-state index in [9.17, 15) is 17.6 Å². The molecule has 0 atom stereocenters. The summed E-state index contributed by atoms with van der Waals surface area (Å²) < 4.78 is 76.6. The van der Waals surface area contributed by atoms with Gasteiger partial charge in [-0.3, -0.25) is 4.98 Å². The minimum atomic E-state index is -3.03. The maximum absolute atomic E-state index is 15.4. The first-order chi connectivity index (χ1) is 20.3. The predicted octanol–water partition coefficient (Wildman–Crippen LogP) is 7.60. The Labute approximate surface area is 237 Å². The van der Waals surface area contributed by atoms with Crippen molar-refractivity contribution in [1.29, 1.82) is 0 Å². The van der Waals surface area contributed by atoms with E-state index in [1.807, 2.05) is 4.90 Å². The number of fused-ring (bicyclic) bond motifs is 1. The quantitative estimate of drug-likeness (QED) is 0.210. The number of ether oxygens (including phenoxy) is 1. The molecule has 1 fully saturated rings. The molecule has 1 saturated heterocycles. The Kier molecular flexibility index (Phi) is 7.42. The summed E-state index contributed by atoms with van der Waals surface area (Å²) in [7, 11) is 0. The van der Waals surface area contributed by atoms with Crippen molar-refractivity contribution in [2.75, 3.05) is 36.5 Å². The largest absolute Gasteiger partial charge is 0.378 e. The third-order valence-electron chi connectivity index (χ3n) is 7.18. The number of aromatic nitrogens is 3. The number of pyridine rings is 3. The zero-order valence-electron chi connectivity index (χ0n) is 22.3. The molecular weight excluding hydrogens is 553 g/mol. The lowest BCUT2D eigenvalue weighted by molar-refractivity contribution is 0.122. The molecule has 1 N–H and O–H groups in total. The van der Waals surface area contributed by atoms with E-state index in [-0.39, 0.29) is 22.2 Å². The highest BCUT2D eigenvalue weighted by Gasteiger charge is 2.22. The number of nitrogens with one attached hydrogen (secondary N) is 1. The Morgan fingerprint density at radius 1 is 0.929 bits per heavy atom. The third kappa shape index (κ3) is 5.23. The highest BCUT2D eigenvalue weighted by molar-refractivity contribution is 5.99. The Bertz CT molecular complexity index is 1780. The molecule has 1 aliphatic heterocycles. The number of anilines is 3. The summed E-state index contributed by atoms with van der Waals surface area (Å²) in [4.78, 5) is 15.5. The summed E-state index contributed by atoms with van der Waals surface area (Å²) in [6.45, 7) is 3.89. The van der Waals surface area contributed by atoms with Gasteiger partial charge in [0.1, 0.15) is 23.3 Å². The fraction of sp³-hybridized carbons (Fsp3) is 0.194. The first kappa shape index (κ1) is 27.5. The molecule has 0 saturated carbocycles. The molecule has 6 nitrogen and oxygen atoms in total. The molecule has 214 valence electrons. The summed E-state index contributed by atoms with van der Waals surface area (Å²) in [6, 6.07) is 12.3. The van der Waals surface area contributed by atoms with Crippen LogP contribution in [0, 0.1) is 24.4 Å². The number of halogens is 5. The number of alkyl halides is 2. The van der Waals surface area contributed by atoms with E-state index in [0.29, 0.717) is 60.3 Å². The second kappa shape index (κ2) is 11.3. The standard InChI is InChI=1S/C31H24F5N5O/c1-17-29(24-4-2-3-7-37-24)40-26-14-19(32)13-23(34)28(26)30(17)39-25-15-27(41-8-10-42-11-9-41)38-16-21(25)18-5-6-22(33)20(12-18)31(35)36/h2-7,12-16,31H,8-11H2,1H3,(H,38,39,40). The lowest BCUT2D eigenvalue weighted by atomic mass is 10.0. The van der Waals surface area contributed by atoms with Crippen molar-refractivity contribution >= 4 is 28.1 Å². The van der Waals surface area contributed by atoms with Crippen LogP contribution in [0.25, 0.3) is 33.4 Å². The first-order valence-electron chi connectivity index (χ1n) is 13.2. The van der Waals surface area contributed by atoms with Gasteiger partial charge in [-0.25, -0.2) is 31.9 Å². The van der Waals surface area contributed by atoms with E-state index >= 15 is 4.39 Å². The van der Waals surface area contributed by atoms with Crippen LogP contribution < -0.4 is 10.2 Å². The van der Waals surface area contributed by atoms with Crippen LogP contribution in [0.5, 0.6) is 0 Å². The number of nitrogens with zero attached hydrogens (tertiary/aromatic N) is 4. The smallest absolute Gasteiger partial charge is 0.266 e. The molecule has 0 bridgehead atoms. The predicted molar refractivity (Wildman–Crippen MR) is 151 cm³/mol. The van der Waals surface area contributed by atoms with Crippen molar-refractivity contribution in [2.24, 2.45) is 0 Å². The molecule has 5 aromatic rings. The Hall–Kier alpha value is -4.64. The van der Waals surface area contributed by atoms with Gasteiger partial charge in [-0.15, -0.1) is 0 Å². The molecule has 3 aromatic heterocycles. The average molecular weight is 578 g/mol. The fourth-order valence-corrected chi connectivity index (χ4v) is 5.07. The van der Waals surface area contributed by atoms with Gasteiger partial charge in [0, 0.05) is 54.8 Å². The minimum absolute atomic E-state index is 0.0386. The van der Waals surface area contributed by atoms with Crippen molar-refractivity contribution in [2.45, 2.75) is 13.3 Å². The molecular formula is C31H24F5N5O. The molecule has 1 aliphatic rings. The van der Waals surface area contributed by atoms with Gasteiger partial charge in [-0.05, 0) is 36.8 Å². The molecule has 2 aromatic carbocycles. The molecule has 0 spiro atoms. The molecule has 0 amide bonds. The number of hydrogen-bond acceptors (Lipinski definition) is 6. The lowest BCUT2D eigenvalue weighted by Gasteiger charge is -2.28. The molecule has 11 heteroatoms. The maximum atomic E-state index is 15.4. The van der Waals surface area contributed by atoms with Crippen molar-refractivity contribution < 1.29 is 26.7 Å². The number of rotatable bonds is 6. The summed E-state index contributed by atoms with van der Waals surface area (Å²) in [5.41, 5.74) is 2.07. The van der Waals surface area contributed by atoms with Crippen LogP contribution in [0.1, 0.15) is 17.6 Å². The van der Waals surface area contributed by atoms with E-state index < -0.39 is 29.4 Å². The molecule has 42 heavy (non-hydrogen) atoms. The van der Waals surface area contributed by atoms with Crippen LogP contribution in [0.15, 0.2) is 67.0 Å². The second-order valence-electron chi connectivity index (χ2n) is 9.81. The van der Waals surface area contributed by atoms with Gasteiger partial charge in [0.25, 0.3) is 6.43 Å². The number of hydrogen-bond donors (Lipinski definition) is 1. The van der Waals surface area contributed by atoms with E-state index in [2.05, 4.69) is 20.3 Å². The molecule has 4 heterocycles. The van der Waals surface area contributed by atoms with Crippen molar-refractivity contribution in [1.82, 2.24) is 15.0 Å². The van der Waals surface area contributed by atoms with Gasteiger partial charge in [-0.2, -0.15) is 0 Å². The number of benzene rings is 2. The number of morpholine rings is 1. The zero-order valence-corrected chi connectivity index (χ0v) is 22.3. The fourth-order valence-electron chi connectivity index (χ4n) is 5.07. The third-order valence-corrected chi connectivity index (χ3v) is 7.18. The van der Waals surface area contributed by atoms with Gasteiger partial charge in [0.05, 0.1) is 52.4 Å². The van der Waals surface area contributed by atoms with Crippen LogP contribution in [0.2, 0.25) is 0 Å². The Balaban J connectivity index is 1.58. The Morgan fingerprint density at radius 2 is 1.74 bits per heavy atom. The van der Waals surface area contributed by atoms with Gasteiger partial charge in [-0.1, -0.05) is 12.1 Å². The monoisotopic (exact) mass is 577 g/mol. The topological polar surface area (TPSA) is 63.2 Å². The van der Waals surface area contributed by atoms with Crippen molar-refractivity contribution in [3.8, 4) is 22.5 Å². The van der Waals surface area contributed by atoms with Gasteiger partial charge < -0.3 is 15.0 Å². The maximum Gasteiger partial charge on any atom is 0.266 e. The van der Waals surface area contributed by atoms with E-state index in [1.165, 1.54) is 12.3 Å². The zero-order chi connectivity index (χ0) is 29.4. The van der Waals surface area contributed by atoms with Crippen molar-refractivity contribution in [3.05, 3.63) is 95.6 Å². The van der Waals surface area contributed by atoms with Gasteiger partial charge >= 0.3 is 0 Å². The van der Waals surface area contributed by atoms with Crippen LogP contribution >= 0.6 is 0 Å². The van der Waals surface area contributed by atoms with Crippen LogP contribution in [-0.2, 0) is 4.74 Å². The van der Waals surface area contributed by atoms with Crippen LogP contribution in [0.3, 0.4) is 0 Å². The lowest BCUT2D eigenvalue weighted by Crippen LogP contribution is -2.36. The van der Waals surface area contributed by atoms with Crippen molar-refractivity contribution in [3.63, 3.8) is 0 Å². The minimum Gasteiger partial charge on any atom is -0.378 e. The van der Waals surface area contributed by atoms with Crippen LogP contribution in [0.4, 0.5) is 39.1 Å². The van der Waals surface area contributed by atoms with Gasteiger partial charge in [0.15, 0.2) is 0 Å². The normalized spacial score (nSPS) is 13.6. The second-order valence-corrected chi connectivity index (χ2v) is 9.81. The summed E-state index contributed by atoms with van der Waals surface area (Å²) in [5.74, 6) is -2.07. The molecule has 0 aliphatic carbocycles. The van der Waals surface area contributed by atoms with E-state index in [4.69, 9.17) is 4.74 Å². The van der Waals surface area contributed by atoms with E-state index in [0.717, 1.165) is 24.3 Å². The van der Waals surface area contributed by atoms with E-state index in [1.54, 1.807) is 37.4 Å². The SMILES string of the molecule is Cc1c(-c2ccccn2)nc2cc(F)cc(F)c2c1Nc1cc(N2CCOCC2)ncc1-c1ccc(F)c(C(F)F)c1. The summed E-state index contributed by atoms with van der Waals surface area (Å²) in [6.07, 6.45) is 0.0625. The molecule has 0 unspecified atom stereocenters. The van der Waals surface area contributed by atoms with Gasteiger partial charge in [0.2, 0.25) is 0 Å². The Morgan fingerprint density at radius 3 is 2.48 bits per heavy atom. The highest BCUT2D eigenvalue weighted by Crippen LogP contribution is 2.40.